The number of para-hydroxylation sites is 2. The van der Waals surface area contributed by atoms with Crippen molar-refractivity contribution in [3.05, 3.63) is 48.2 Å². The van der Waals surface area contributed by atoms with Crippen molar-refractivity contribution in [1.82, 2.24) is 9.78 Å². The minimum atomic E-state index is -0.757. The Morgan fingerprint density at radius 1 is 1.06 bits per heavy atom. The molecule has 2 heterocycles. The van der Waals surface area contributed by atoms with E-state index in [2.05, 4.69) is 15.7 Å². The molecular formula is C23H24N4O5. The second kappa shape index (κ2) is 8.62. The van der Waals surface area contributed by atoms with E-state index in [0.29, 0.717) is 28.8 Å². The van der Waals surface area contributed by atoms with Crippen molar-refractivity contribution in [3.8, 4) is 28.4 Å². The predicted octanol–water partition coefficient (Wildman–Crippen LogP) is 3.41. The van der Waals surface area contributed by atoms with Crippen LogP contribution in [-0.4, -0.2) is 42.9 Å². The molecule has 32 heavy (non-hydrogen) atoms. The highest BCUT2D eigenvalue weighted by atomic mass is 16.5. The summed E-state index contributed by atoms with van der Waals surface area (Å²) in [5.41, 5.74) is 2.86. The third kappa shape index (κ3) is 3.73. The van der Waals surface area contributed by atoms with Gasteiger partial charge in [0.1, 0.15) is 17.6 Å². The van der Waals surface area contributed by atoms with Crippen LogP contribution >= 0.6 is 0 Å². The van der Waals surface area contributed by atoms with Crippen molar-refractivity contribution < 1.29 is 23.8 Å². The molecule has 2 aromatic carbocycles. The largest absolute Gasteiger partial charge is 0.495 e. The van der Waals surface area contributed by atoms with Crippen molar-refractivity contribution in [2.45, 2.75) is 19.4 Å². The van der Waals surface area contributed by atoms with E-state index in [0.717, 1.165) is 16.8 Å². The smallest absolute Gasteiger partial charge is 0.251 e. The zero-order valence-electron chi connectivity index (χ0n) is 18.3. The van der Waals surface area contributed by atoms with Gasteiger partial charge in [-0.3, -0.25) is 9.59 Å². The Labute approximate surface area is 185 Å². The number of aromatic nitrogens is 2. The Morgan fingerprint density at radius 3 is 2.50 bits per heavy atom. The Bertz CT molecular complexity index is 1190. The first-order chi connectivity index (χ1) is 15.5. The van der Waals surface area contributed by atoms with Crippen LogP contribution in [0.5, 0.6) is 17.2 Å². The fraction of sp³-hybridized carbons (Fsp3) is 0.261. The molecule has 0 saturated heterocycles. The number of fused-ring (bicyclic) bond motifs is 1. The topological polar surface area (TPSA) is 104 Å². The van der Waals surface area contributed by atoms with Gasteiger partial charge in [-0.25, -0.2) is 4.68 Å². The number of methoxy groups -OCH3 is 3. The summed E-state index contributed by atoms with van der Waals surface area (Å²) in [6, 6.07) is 11.8. The van der Waals surface area contributed by atoms with E-state index in [-0.39, 0.29) is 18.2 Å². The number of ether oxygens (including phenoxy) is 3. The van der Waals surface area contributed by atoms with Crippen LogP contribution < -0.4 is 24.8 Å². The van der Waals surface area contributed by atoms with E-state index >= 15 is 0 Å². The third-order valence-corrected chi connectivity index (χ3v) is 5.36. The molecule has 0 saturated carbocycles. The number of anilines is 2. The summed E-state index contributed by atoms with van der Waals surface area (Å²) in [5.74, 6) is 1.67. The maximum absolute atomic E-state index is 12.7. The summed E-state index contributed by atoms with van der Waals surface area (Å²) in [5, 5.41) is 10.2. The number of nitrogens with one attached hydrogen (secondary N) is 2. The number of amides is 2. The molecule has 1 aliphatic rings. The SMILES string of the molecule is COc1ccccc1NC(=O)CC1C(=O)Nc2c(-c3ccc(OC)c(OC)c3)c(C)nn21. The number of nitrogens with zero attached hydrogens (tertiary/aromatic N) is 2. The van der Waals surface area contributed by atoms with Crippen LogP contribution in [0.15, 0.2) is 42.5 Å². The first kappa shape index (κ1) is 21.2. The van der Waals surface area contributed by atoms with E-state index in [1.807, 2.05) is 25.1 Å². The second-order valence-corrected chi connectivity index (χ2v) is 7.28. The van der Waals surface area contributed by atoms with Crippen molar-refractivity contribution in [1.29, 1.82) is 0 Å². The van der Waals surface area contributed by atoms with Gasteiger partial charge in [0.05, 0.1) is 39.1 Å². The molecule has 2 amide bonds. The van der Waals surface area contributed by atoms with Crippen LogP contribution in [0.25, 0.3) is 11.1 Å². The van der Waals surface area contributed by atoms with E-state index in [1.54, 1.807) is 43.2 Å². The average Bonchev–Trinajstić information content (AvgIpc) is 3.26. The number of hydrogen-bond acceptors (Lipinski definition) is 6. The summed E-state index contributed by atoms with van der Waals surface area (Å²) in [6.07, 6.45) is -0.0661. The van der Waals surface area contributed by atoms with Crippen LogP contribution in [0.1, 0.15) is 18.2 Å². The van der Waals surface area contributed by atoms with E-state index in [4.69, 9.17) is 14.2 Å². The molecule has 0 bridgehead atoms. The predicted molar refractivity (Wildman–Crippen MR) is 119 cm³/mol. The second-order valence-electron chi connectivity index (χ2n) is 7.28. The Balaban J connectivity index is 1.61. The first-order valence-corrected chi connectivity index (χ1v) is 10.0. The molecule has 1 aliphatic heterocycles. The van der Waals surface area contributed by atoms with Crippen LogP contribution in [0.3, 0.4) is 0 Å². The fourth-order valence-corrected chi connectivity index (χ4v) is 3.85. The minimum absolute atomic E-state index is 0.0661. The lowest BCUT2D eigenvalue weighted by atomic mass is 10.1. The lowest BCUT2D eigenvalue weighted by Gasteiger charge is -2.12. The van der Waals surface area contributed by atoms with Gasteiger partial charge in [-0.1, -0.05) is 18.2 Å². The van der Waals surface area contributed by atoms with Crippen molar-refractivity contribution in [2.24, 2.45) is 0 Å². The van der Waals surface area contributed by atoms with Crippen LogP contribution in [-0.2, 0) is 9.59 Å². The molecular weight excluding hydrogens is 412 g/mol. The molecule has 0 aliphatic carbocycles. The molecule has 2 N–H and O–H groups in total. The van der Waals surface area contributed by atoms with Crippen molar-refractivity contribution >= 4 is 23.3 Å². The van der Waals surface area contributed by atoms with Gasteiger partial charge in [-0.2, -0.15) is 5.10 Å². The van der Waals surface area contributed by atoms with Gasteiger partial charge < -0.3 is 24.8 Å². The number of hydrogen-bond donors (Lipinski definition) is 2. The molecule has 0 fully saturated rings. The lowest BCUT2D eigenvalue weighted by Crippen LogP contribution is -2.24. The molecule has 9 nitrogen and oxygen atoms in total. The zero-order chi connectivity index (χ0) is 22.8. The highest BCUT2D eigenvalue weighted by Gasteiger charge is 2.36. The highest BCUT2D eigenvalue weighted by molar-refractivity contribution is 6.04. The molecule has 3 aromatic rings. The fourth-order valence-electron chi connectivity index (χ4n) is 3.85. The normalized spacial score (nSPS) is 14.5. The number of aryl methyl sites for hydroxylation is 1. The highest BCUT2D eigenvalue weighted by Crippen LogP contribution is 2.41. The number of rotatable bonds is 7. The Morgan fingerprint density at radius 2 is 1.78 bits per heavy atom. The number of carbonyl (C=O) groups excluding carboxylic acids is 2. The van der Waals surface area contributed by atoms with Gasteiger partial charge in [0, 0.05) is 5.56 Å². The van der Waals surface area contributed by atoms with Gasteiger partial charge in [-0.05, 0) is 36.8 Å². The van der Waals surface area contributed by atoms with Crippen molar-refractivity contribution in [3.63, 3.8) is 0 Å². The van der Waals surface area contributed by atoms with Gasteiger partial charge in [-0.15, -0.1) is 0 Å². The van der Waals surface area contributed by atoms with Gasteiger partial charge >= 0.3 is 0 Å². The maximum atomic E-state index is 12.7. The van der Waals surface area contributed by atoms with Crippen molar-refractivity contribution in [2.75, 3.05) is 32.0 Å². The molecule has 1 atom stereocenters. The summed E-state index contributed by atoms with van der Waals surface area (Å²) in [7, 11) is 4.67. The van der Waals surface area contributed by atoms with Crippen LogP contribution in [0, 0.1) is 6.92 Å². The average molecular weight is 436 g/mol. The van der Waals surface area contributed by atoms with E-state index in [1.165, 1.54) is 7.11 Å². The summed E-state index contributed by atoms with van der Waals surface area (Å²) >= 11 is 0. The lowest BCUT2D eigenvalue weighted by molar-refractivity contribution is -0.123. The minimum Gasteiger partial charge on any atom is -0.495 e. The number of carbonyl (C=O) groups is 2. The molecule has 4 rings (SSSR count). The molecule has 1 aromatic heterocycles. The molecule has 9 heteroatoms. The van der Waals surface area contributed by atoms with E-state index in [9.17, 15) is 9.59 Å². The van der Waals surface area contributed by atoms with Gasteiger partial charge in [0.25, 0.3) is 5.91 Å². The van der Waals surface area contributed by atoms with Gasteiger partial charge in [0.2, 0.25) is 5.91 Å². The molecule has 0 spiro atoms. The van der Waals surface area contributed by atoms with Crippen LogP contribution in [0.4, 0.5) is 11.5 Å². The third-order valence-electron chi connectivity index (χ3n) is 5.36. The molecule has 0 radical (unpaired) electrons. The summed E-state index contributed by atoms with van der Waals surface area (Å²) < 4.78 is 17.5. The Kier molecular flexibility index (Phi) is 5.72. The van der Waals surface area contributed by atoms with Gasteiger partial charge in [0.15, 0.2) is 11.5 Å². The molecule has 166 valence electrons. The molecule has 1 unspecified atom stereocenters. The van der Waals surface area contributed by atoms with E-state index < -0.39 is 6.04 Å². The summed E-state index contributed by atoms with van der Waals surface area (Å²) in [6.45, 7) is 1.86. The first-order valence-electron chi connectivity index (χ1n) is 10.0. The zero-order valence-corrected chi connectivity index (χ0v) is 18.3. The standard InChI is InChI=1S/C23H24N4O5/c1-13-21(14-9-10-18(31-3)19(11-14)32-4)22-25-23(29)16(27(22)26-13)12-20(28)24-15-7-5-6-8-17(15)30-2/h5-11,16H,12H2,1-4H3,(H,24,28)(H,25,29). The monoisotopic (exact) mass is 436 g/mol. The maximum Gasteiger partial charge on any atom is 0.251 e. The Hall–Kier alpha value is -4.01. The quantitative estimate of drug-likeness (QED) is 0.588. The van der Waals surface area contributed by atoms with Crippen LogP contribution in [0.2, 0.25) is 0 Å². The number of benzene rings is 2. The summed E-state index contributed by atoms with van der Waals surface area (Å²) in [4.78, 5) is 25.4.